The second kappa shape index (κ2) is 12.0. The highest BCUT2D eigenvalue weighted by molar-refractivity contribution is 6.10. The first kappa shape index (κ1) is 25.0. The van der Waals surface area contributed by atoms with Crippen molar-refractivity contribution >= 4 is 40.0 Å². The molecule has 0 heterocycles. The van der Waals surface area contributed by atoms with Crippen LogP contribution in [0.5, 0.6) is 11.5 Å². The van der Waals surface area contributed by atoms with E-state index in [2.05, 4.69) is 10.6 Å². The highest BCUT2D eigenvalue weighted by Crippen LogP contribution is 2.20. The van der Waals surface area contributed by atoms with Gasteiger partial charge in [0.25, 0.3) is 11.8 Å². The third-order valence-electron chi connectivity index (χ3n) is 5.38. The monoisotopic (exact) mass is 491 g/mol. The Bertz CT molecular complexity index is 1470. The number of carbonyl (C=O) groups excluding carboxylic acids is 2. The lowest BCUT2D eigenvalue weighted by atomic mass is 10.1. The molecule has 4 aromatic carbocycles. The number of nitrogens with one attached hydrogen (secondary N) is 2. The van der Waals surface area contributed by atoms with Crippen molar-refractivity contribution in [3.8, 4) is 17.6 Å². The molecule has 2 N–H and O–H groups in total. The number of ether oxygens (including phenoxy) is 2. The lowest BCUT2D eigenvalue weighted by Crippen LogP contribution is -2.20. The molecule has 0 saturated heterocycles. The number of amides is 2. The Hall–Kier alpha value is -5.09. The summed E-state index contributed by atoms with van der Waals surface area (Å²) in [7, 11) is 0. The van der Waals surface area contributed by atoms with E-state index in [1.165, 1.54) is 6.08 Å². The Kier molecular flexibility index (Phi) is 8.15. The van der Waals surface area contributed by atoms with Crippen molar-refractivity contribution in [2.75, 3.05) is 23.8 Å². The van der Waals surface area contributed by atoms with Gasteiger partial charge in [0.15, 0.2) is 6.61 Å². The number of benzene rings is 4. The van der Waals surface area contributed by atoms with Crippen LogP contribution in [0.3, 0.4) is 0 Å². The van der Waals surface area contributed by atoms with Crippen LogP contribution in [0.1, 0.15) is 12.5 Å². The summed E-state index contributed by atoms with van der Waals surface area (Å²) in [4.78, 5) is 24.8. The first-order valence-corrected chi connectivity index (χ1v) is 11.7. The Morgan fingerprint density at radius 1 is 0.811 bits per heavy atom. The van der Waals surface area contributed by atoms with Crippen molar-refractivity contribution in [3.05, 3.63) is 102 Å². The van der Waals surface area contributed by atoms with E-state index in [-0.39, 0.29) is 18.1 Å². The summed E-state index contributed by atoms with van der Waals surface area (Å²) < 4.78 is 10.9. The van der Waals surface area contributed by atoms with E-state index >= 15 is 0 Å². The van der Waals surface area contributed by atoms with Gasteiger partial charge >= 0.3 is 0 Å². The molecule has 0 spiro atoms. The predicted octanol–water partition coefficient (Wildman–Crippen LogP) is 5.80. The number of nitriles is 1. The van der Waals surface area contributed by atoms with Crippen LogP contribution in [0.25, 0.3) is 16.8 Å². The second-order valence-electron chi connectivity index (χ2n) is 8.05. The van der Waals surface area contributed by atoms with Gasteiger partial charge < -0.3 is 20.1 Å². The topological polar surface area (TPSA) is 100 Å². The summed E-state index contributed by atoms with van der Waals surface area (Å²) in [6.07, 6.45) is 1.50. The number of carbonyl (C=O) groups is 2. The van der Waals surface area contributed by atoms with Gasteiger partial charge in [-0.15, -0.1) is 0 Å². The highest BCUT2D eigenvalue weighted by atomic mass is 16.5. The third kappa shape index (κ3) is 6.96. The number of fused-ring (bicyclic) bond motifs is 1. The molecule has 0 bridgehead atoms. The SMILES string of the molecule is CCOc1ccc(NC(=O)COc2ccc(/C=C(\C#N)C(=O)Nc3ccc4ccccc4c3)cc2)cc1. The summed E-state index contributed by atoms with van der Waals surface area (Å²) in [6.45, 7) is 2.31. The van der Waals surface area contributed by atoms with E-state index in [0.717, 1.165) is 16.5 Å². The number of anilines is 2. The average molecular weight is 492 g/mol. The average Bonchev–Trinajstić information content (AvgIpc) is 2.92. The van der Waals surface area contributed by atoms with Gasteiger partial charge in [-0.2, -0.15) is 5.26 Å². The van der Waals surface area contributed by atoms with Gasteiger partial charge in [0, 0.05) is 11.4 Å². The fourth-order valence-electron chi connectivity index (χ4n) is 3.59. The fraction of sp³-hybridized carbons (Fsp3) is 0.100. The summed E-state index contributed by atoms with van der Waals surface area (Å²) >= 11 is 0. The molecule has 0 aliphatic carbocycles. The fourth-order valence-corrected chi connectivity index (χ4v) is 3.59. The highest BCUT2D eigenvalue weighted by Gasteiger charge is 2.10. The van der Waals surface area contributed by atoms with E-state index in [4.69, 9.17) is 9.47 Å². The Balaban J connectivity index is 1.32. The smallest absolute Gasteiger partial charge is 0.266 e. The molecule has 0 radical (unpaired) electrons. The first-order valence-electron chi connectivity index (χ1n) is 11.7. The van der Waals surface area contributed by atoms with Crippen molar-refractivity contribution in [2.45, 2.75) is 6.92 Å². The van der Waals surface area contributed by atoms with E-state index in [0.29, 0.717) is 29.3 Å². The zero-order chi connectivity index (χ0) is 26.0. The lowest BCUT2D eigenvalue weighted by molar-refractivity contribution is -0.118. The largest absolute Gasteiger partial charge is 0.494 e. The maximum atomic E-state index is 12.7. The second-order valence-corrected chi connectivity index (χ2v) is 8.05. The van der Waals surface area contributed by atoms with Gasteiger partial charge in [-0.1, -0.05) is 42.5 Å². The standard InChI is InChI=1S/C30H25N3O4/c1-2-36-27-15-11-25(12-16-27)32-29(34)20-37-28-13-7-21(8-14-28)17-24(19-31)30(35)33-26-10-9-22-5-3-4-6-23(22)18-26/h3-18H,2,20H2,1H3,(H,32,34)(H,33,35)/b24-17+. The van der Waals surface area contributed by atoms with Crippen molar-refractivity contribution in [1.29, 1.82) is 5.26 Å². The van der Waals surface area contributed by atoms with E-state index in [1.54, 1.807) is 54.6 Å². The molecule has 0 unspecified atom stereocenters. The molecule has 0 aromatic heterocycles. The molecule has 0 saturated carbocycles. The molecule has 0 atom stereocenters. The van der Waals surface area contributed by atoms with Crippen molar-refractivity contribution in [1.82, 2.24) is 0 Å². The van der Waals surface area contributed by atoms with Gasteiger partial charge in [0.2, 0.25) is 0 Å². The summed E-state index contributed by atoms with van der Waals surface area (Å²) in [5, 5.41) is 17.1. The van der Waals surface area contributed by atoms with E-state index < -0.39 is 5.91 Å². The molecule has 0 aliphatic heterocycles. The van der Waals surface area contributed by atoms with Crippen LogP contribution in [0.2, 0.25) is 0 Å². The molecule has 2 amide bonds. The van der Waals surface area contributed by atoms with Gasteiger partial charge in [0.1, 0.15) is 23.1 Å². The maximum absolute atomic E-state index is 12.7. The van der Waals surface area contributed by atoms with Gasteiger partial charge in [0.05, 0.1) is 6.61 Å². The minimum atomic E-state index is -0.496. The molecule has 7 heteroatoms. The zero-order valence-corrected chi connectivity index (χ0v) is 20.2. The van der Waals surface area contributed by atoms with Crippen LogP contribution in [0.4, 0.5) is 11.4 Å². The Morgan fingerprint density at radius 2 is 1.46 bits per heavy atom. The first-order chi connectivity index (χ1) is 18.0. The van der Waals surface area contributed by atoms with Gasteiger partial charge in [-0.25, -0.2) is 0 Å². The molecule has 37 heavy (non-hydrogen) atoms. The normalized spacial score (nSPS) is 10.9. The number of rotatable bonds is 9. The molecule has 0 fully saturated rings. The van der Waals surface area contributed by atoms with E-state index in [9.17, 15) is 14.9 Å². The maximum Gasteiger partial charge on any atom is 0.266 e. The number of hydrogen-bond donors (Lipinski definition) is 2. The van der Waals surface area contributed by atoms with Crippen molar-refractivity contribution in [2.24, 2.45) is 0 Å². The van der Waals surface area contributed by atoms with Crippen LogP contribution in [0, 0.1) is 11.3 Å². The van der Waals surface area contributed by atoms with E-state index in [1.807, 2.05) is 49.4 Å². The van der Waals surface area contributed by atoms with Crippen molar-refractivity contribution in [3.63, 3.8) is 0 Å². The molecular weight excluding hydrogens is 466 g/mol. The minimum absolute atomic E-state index is 0.0310. The molecule has 0 aliphatic rings. The quantitative estimate of drug-likeness (QED) is 0.228. The summed E-state index contributed by atoms with van der Waals surface area (Å²) in [6, 6.07) is 29.2. The molecule has 184 valence electrons. The van der Waals surface area contributed by atoms with Gasteiger partial charge in [-0.05, 0) is 77.9 Å². The predicted molar refractivity (Wildman–Crippen MR) is 144 cm³/mol. The van der Waals surface area contributed by atoms with Crippen LogP contribution >= 0.6 is 0 Å². The third-order valence-corrected chi connectivity index (χ3v) is 5.38. The van der Waals surface area contributed by atoms with Crippen LogP contribution < -0.4 is 20.1 Å². The van der Waals surface area contributed by atoms with Crippen LogP contribution in [-0.2, 0) is 9.59 Å². The Labute approximate surface area is 214 Å². The molecule has 4 rings (SSSR count). The number of nitrogens with zero attached hydrogens (tertiary/aromatic N) is 1. The van der Waals surface area contributed by atoms with Crippen LogP contribution in [0.15, 0.2) is 96.6 Å². The molecule has 4 aromatic rings. The zero-order valence-electron chi connectivity index (χ0n) is 20.2. The summed E-state index contributed by atoms with van der Waals surface area (Å²) in [5.41, 5.74) is 1.87. The molecule has 7 nitrogen and oxygen atoms in total. The summed E-state index contributed by atoms with van der Waals surface area (Å²) in [5.74, 6) is 0.420. The molecular formula is C30H25N3O4. The van der Waals surface area contributed by atoms with Crippen molar-refractivity contribution < 1.29 is 19.1 Å². The Morgan fingerprint density at radius 3 is 2.16 bits per heavy atom. The van der Waals surface area contributed by atoms with Crippen LogP contribution in [-0.4, -0.2) is 25.0 Å². The van der Waals surface area contributed by atoms with Gasteiger partial charge in [-0.3, -0.25) is 9.59 Å². The number of hydrogen-bond acceptors (Lipinski definition) is 5. The lowest BCUT2D eigenvalue weighted by Gasteiger charge is -2.09. The minimum Gasteiger partial charge on any atom is -0.494 e.